The highest BCUT2D eigenvalue weighted by Gasteiger charge is 2.44. The lowest BCUT2D eigenvalue weighted by Gasteiger charge is -2.24. The van der Waals surface area contributed by atoms with Crippen molar-refractivity contribution in [2.45, 2.75) is 38.4 Å². The largest absolute Gasteiger partial charge is 0.246 e. The normalized spacial score (nSPS) is 35.9. The van der Waals surface area contributed by atoms with Crippen LogP contribution in [0.3, 0.4) is 0 Å². The van der Waals surface area contributed by atoms with Crippen molar-refractivity contribution in [3.05, 3.63) is 0 Å². The summed E-state index contributed by atoms with van der Waals surface area (Å²) < 4.78 is 0. The highest BCUT2D eigenvalue weighted by molar-refractivity contribution is 8.53. The van der Waals surface area contributed by atoms with Gasteiger partial charge < -0.3 is 0 Å². The van der Waals surface area contributed by atoms with Crippen molar-refractivity contribution in [1.82, 2.24) is 0 Å². The quantitative estimate of drug-likeness (QED) is 0.577. The second-order valence-corrected chi connectivity index (χ2v) is 11.4. The second-order valence-electron chi connectivity index (χ2n) is 4.90. The molecule has 1 atom stereocenters. The van der Waals surface area contributed by atoms with Gasteiger partial charge in [-0.1, -0.05) is 24.6 Å². The molecule has 0 N–H and O–H groups in total. The number of hydrogen-bond acceptors (Lipinski definition) is 0. The van der Waals surface area contributed by atoms with Crippen LogP contribution in [0, 0.1) is 0 Å². The molecule has 1 aliphatic rings. The van der Waals surface area contributed by atoms with Gasteiger partial charge in [0, 0.05) is 5.25 Å². The maximum Gasteiger partial charge on any atom is 0.0103 e. The van der Waals surface area contributed by atoms with Crippen molar-refractivity contribution in [3.63, 3.8) is 0 Å². The van der Waals surface area contributed by atoms with E-state index in [2.05, 4.69) is 32.6 Å². The summed E-state index contributed by atoms with van der Waals surface area (Å²) in [6, 6.07) is 0. The fourth-order valence-corrected chi connectivity index (χ4v) is 5.80. The van der Waals surface area contributed by atoms with Gasteiger partial charge in [0.2, 0.25) is 0 Å². The SMILES string of the molecule is CCCCC1C(C)=S1(C)(C)C. The van der Waals surface area contributed by atoms with Gasteiger partial charge in [0.25, 0.3) is 0 Å². The molecule has 68 valence electrons. The Morgan fingerprint density at radius 3 is 2.00 bits per heavy atom. The van der Waals surface area contributed by atoms with Gasteiger partial charge in [-0.15, -0.1) is 0 Å². The lowest BCUT2D eigenvalue weighted by Crippen LogP contribution is -2.00. The molecule has 0 aliphatic carbocycles. The van der Waals surface area contributed by atoms with E-state index >= 15 is 0 Å². The van der Waals surface area contributed by atoms with Crippen LogP contribution in [0.4, 0.5) is 0 Å². The molecule has 0 aromatic rings. The van der Waals surface area contributed by atoms with Crippen LogP contribution in [-0.2, 0) is 0 Å². The van der Waals surface area contributed by atoms with Gasteiger partial charge in [-0.3, -0.25) is 0 Å². The summed E-state index contributed by atoms with van der Waals surface area (Å²) >= 11 is 0. The zero-order chi connectivity index (χ0) is 8.72. The third-order valence-corrected chi connectivity index (χ3v) is 8.28. The average Bonchev–Trinajstić information content (AvgIpc) is 2.24. The molecule has 1 aliphatic heterocycles. The first-order chi connectivity index (χ1) is 4.88. The van der Waals surface area contributed by atoms with Gasteiger partial charge in [-0.2, -0.15) is 0 Å². The highest BCUT2D eigenvalue weighted by atomic mass is 32.3. The summed E-state index contributed by atoms with van der Waals surface area (Å²) in [4.78, 5) is 1.82. The zero-order valence-electron chi connectivity index (χ0n) is 8.61. The molecule has 0 radical (unpaired) electrons. The Bertz CT molecular complexity index is 218. The van der Waals surface area contributed by atoms with E-state index in [9.17, 15) is 0 Å². The summed E-state index contributed by atoms with van der Waals surface area (Å²) in [5.41, 5.74) is 0. The molecule has 1 rings (SSSR count). The average molecular weight is 174 g/mol. The Morgan fingerprint density at radius 1 is 1.27 bits per heavy atom. The Labute approximate surface area is 71.2 Å². The molecular weight excluding hydrogens is 152 g/mol. The van der Waals surface area contributed by atoms with E-state index in [1.54, 1.807) is 0 Å². The zero-order valence-corrected chi connectivity index (χ0v) is 9.42. The summed E-state index contributed by atoms with van der Waals surface area (Å²) in [5.74, 6) is 0. The predicted octanol–water partition coefficient (Wildman–Crippen LogP) is 2.98. The van der Waals surface area contributed by atoms with E-state index in [1.165, 1.54) is 19.3 Å². The van der Waals surface area contributed by atoms with Crippen molar-refractivity contribution < 1.29 is 0 Å². The summed E-state index contributed by atoms with van der Waals surface area (Å²) in [6.45, 7) is 4.65. The first-order valence-electron chi connectivity index (χ1n) is 4.57. The Morgan fingerprint density at radius 2 is 1.73 bits per heavy atom. The van der Waals surface area contributed by atoms with Crippen molar-refractivity contribution >= 4 is 13.6 Å². The van der Waals surface area contributed by atoms with Crippen molar-refractivity contribution in [2.75, 3.05) is 18.8 Å². The van der Waals surface area contributed by atoms with Gasteiger partial charge in [0.05, 0.1) is 0 Å². The maximum absolute atomic E-state index is 2.49. The fourth-order valence-electron chi connectivity index (χ4n) is 1.94. The first-order valence-corrected chi connectivity index (χ1v) is 7.90. The van der Waals surface area contributed by atoms with E-state index in [0.29, 0.717) is 0 Å². The maximum atomic E-state index is 2.49. The Kier molecular flexibility index (Phi) is 1.99. The van der Waals surface area contributed by atoms with E-state index in [0.717, 1.165) is 5.25 Å². The lowest BCUT2D eigenvalue weighted by molar-refractivity contribution is 0.756. The molecule has 0 aromatic heterocycles. The van der Waals surface area contributed by atoms with Gasteiger partial charge in [-0.25, -0.2) is 8.75 Å². The molecule has 0 nitrogen and oxygen atoms in total. The number of hydrogen-bond donors (Lipinski definition) is 0. The highest BCUT2D eigenvalue weighted by Crippen LogP contribution is 2.69. The van der Waals surface area contributed by atoms with E-state index in [1.807, 2.05) is 4.86 Å². The van der Waals surface area contributed by atoms with E-state index < -0.39 is 8.75 Å². The van der Waals surface area contributed by atoms with Gasteiger partial charge in [0.15, 0.2) is 0 Å². The van der Waals surface area contributed by atoms with Crippen LogP contribution in [0.15, 0.2) is 0 Å². The number of unbranched alkanes of at least 4 members (excludes halogenated alkanes) is 1. The second kappa shape index (κ2) is 2.35. The molecule has 11 heavy (non-hydrogen) atoms. The van der Waals surface area contributed by atoms with E-state index in [-0.39, 0.29) is 0 Å². The smallest absolute Gasteiger partial charge is 0.0103 e. The lowest BCUT2D eigenvalue weighted by atomic mass is 10.2. The molecule has 0 saturated heterocycles. The summed E-state index contributed by atoms with van der Waals surface area (Å²) in [7, 11) is -0.940. The summed E-state index contributed by atoms with van der Waals surface area (Å²) in [5, 5.41) is 1.01. The van der Waals surface area contributed by atoms with Crippen LogP contribution in [0.2, 0.25) is 0 Å². The standard InChI is InChI=1S/C10H22S/c1-6-7-8-10-9(2)11(10,3,4)5/h10H,6-8H2,1-5H3. The minimum absolute atomic E-state index is 0.940. The first kappa shape index (κ1) is 9.31. The Hall–Kier alpha value is 0.220. The number of rotatable bonds is 3. The molecular formula is C10H22S. The van der Waals surface area contributed by atoms with Crippen LogP contribution >= 0.6 is 8.75 Å². The molecule has 0 spiro atoms. The third-order valence-electron chi connectivity index (χ3n) is 3.36. The van der Waals surface area contributed by atoms with Crippen LogP contribution < -0.4 is 0 Å². The topological polar surface area (TPSA) is 0 Å². The molecule has 0 amide bonds. The Balaban J connectivity index is 2.51. The summed E-state index contributed by atoms with van der Waals surface area (Å²) in [6.07, 6.45) is 11.7. The van der Waals surface area contributed by atoms with Crippen LogP contribution in [-0.4, -0.2) is 28.9 Å². The van der Waals surface area contributed by atoms with Gasteiger partial charge in [0.1, 0.15) is 0 Å². The van der Waals surface area contributed by atoms with Crippen molar-refractivity contribution in [1.29, 1.82) is 0 Å². The van der Waals surface area contributed by atoms with Gasteiger partial charge in [-0.05, 0) is 32.1 Å². The third kappa shape index (κ3) is 1.40. The van der Waals surface area contributed by atoms with Crippen molar-refractivity contribution in [2.24, 2.45) is 0 Å². The van der Waals surface area contributed by atoms with Crippen LogP contribution in [0.1, 0.15) is 33.1 Å². The predicted molar refractivity (Wildman–Crippen MR) is 59.4 cm³/mol. The van der Waals surface area contributed by atoms with Crippen molar-refractivity contribution in [3.8, 4) is 0 Å². The molecule has 0 saturated carbocycles. The molecule has 0 aromatic carbocycles. The minimum atomic E-state index is -0.940. The molecule has 1 heteroatoms. The van der Waals surface area contributed by atoms with Crippen LogP contribution in [0.5, 0.6) is 0 Å². The molecule has 1 heterocycles. The van der Waals surface area contributed by atoms with Crippen LogP contribution in [0.25, 0.3) is 0 Å². The minimum Gasteiger partial charge on any atom is -0.246 e. The fraction of sp³-hybridized carbons (Fsp3) is 0.900. The monoisotopic (exact) mass is 174 g/mol. The van der Waals surface area contributed by atoms with E-state index in [4.69, 9.17) is 0 Å². The molecule has 1 unspecified atom stereocenters. The molecule has 0 bridgehead atoms. The van der Waals surface area contributed by atoms with Gasteiger partial charge >= 0.3 is 0 Å². The molecule has 0 fully saturated rings.